The van der Waals surface area contributed by atoms with E-state index < -0.39 is 0 Å². The van der Waals surface area contributed by atoms with Gasteiger partial charge in [0.15, 0.2) is 11.5 Å². The van der Waals surface area contributed by atoms with Crippen molar-refractivity contribution in [1.29, 1.82) is 0 Å². The lowest BCUT2D eigenvalue weighted by Crippen LogP contribution is -2.15. The summed E-state index contributed by atoms with van der Waals surface area (Å²) in [5.41, 5.74) is 2.56. The number of ether oxygens (including phenoxy) is 3. The number of hydrogen-bond acceptors (Lipinski definition) is 4. The first-order valence-electron chi connectivity index (χ1n) is 8.34. The van der Waals surface area contributed by atoms with Crippen LogP contribution in [-0.2, 0) is 12.8 Å². The Kier molecular flexibility index (Phi) is 7.43. The molecule has 24 heavy (non-hydrogen) atoms. The highest BCUT2D eigenvalue weighted by Gasteiger charge is 2.05. The van der Waals surface area contributed by atoms with Crippen LogP contribution in [-0.4, -0.2) is 34.4 Å². The lowest BCUT2D eigenvalue weighted by molar-refractivity contribution is 0.318. The van der Waals surface area contributed by atoms with Gasteiger partial charge in [-0.25, -0.2) is 0 Å². The number of hydrogen-bond donors (Lipinski definition) is 1. The average Bonchev–Trinajstić information content (AvgIpc) is 2.62. The molecule has 4 heteroatoms. The van der Waals surface area contributed by atoms with Crippen molar-refractivity contribution in [3.05, 3.63) is 53.6 Å². The average molecular weight is 329 g/mol. The van der Waals surface area contributed by atoms with Crippen molar-refractivity contribution in [2.45, 2.75) is 19.3 Å². The van der Waals surface area contributed by atoms with Gasteiger partial charge in [-0.15, -0.1) is 0 Å². The molecule has 0 fully saturated rings. The van der Waals surface area contributed by atoms with E-state index in [0.717, 1.165) is 43.1 Å². The second-order valence-corrected chi connectivity index (χ2v) is 5.64. The Labute approximate surface area is 144 Å². The Morgan fingerprint density at radius 2 is 1.62 bits per heavy atom. The van der Waals surface area contributed by atoms with Crippen LogP contribution in [0.4, 0.5) is 0 Å². The summed E-state index contributed by atoms with van der Waals surface area (Å²) in [7, 11) is 5.25. The molecule has 0 heterocycles. The van der Waals surface area contributed by atoms with E-state index in [1.165, 1.54) is 11.1 Å². The van der Waals surface area contributed by atoms with E-state index in [1.54, 1.807) is 14.2 Å². The molecule has 0 saturated carbocycles. The summed E-state index contributed by atoms with van der Waals surface area (Å²) in [6, 6.07) is 14.5. The molecule has 1 N–H and O–H groups in total. The van der Waals surface area contributed by atoms with E-state index in [2.05, 4.69) is 35.6 Å². The molecule has 0 bridgehead atoms. The predicted octanol–water partition coefficient (Wildman–Crippen LogP) is 3.48. The molecule has 0 saturated heterocycles. The molecule has 2 rings (SSSR count). The summed E-state index contributed by atoms with van der Waals surface area (Å²) in [6.45, 7) is 1.54. The van der Waals surface area contributed by atoms with Crippen molar-refractivity contribution in [2.75, 3.05) is 34.4 Å². The maximum Gasteiger partial charge on any atom is 0.160 e. The van der Waals surface area contributed by atoms with E-state index >= 15 is 0 Å². The number of aryl methyl sites for hydroxylation is 2. The van der Waals surface area contributed by atoms with Crippen LogP contribution in [0, 0.1) is 0 Å². The number of nitrogens with one attached hydrogen (secondary N) is 1. The molecule has 2 aromatic rings. The second kappa shape index (κ2) is 9.83. The zero-order valence-corrected chi connectivity index (χ0v) is 14.8. The topological polar surface area (TPSA) is 39.7 Å². The second-order valence-electron chi connectivity index (χ2n) is 5.64. The van der Waals surface area contributed by atoms with Crippen molar-refractivity contribution in [2.24, 2.45) is 0 Å². The summed E-state index contributed by atoms with van der Waals surface area (Å²) < 4.78 is 16.3. The van der Waals surface area contributed by atoms with Crippen molar-refractivity contribution in [3.63, 3.8) is 0 Å². The highest BCUT2D eigenvalue weighted by atomic mass is 16.5. The van der Waals surface area contributed by atoms with E-state index in [4.69, 9.17) is 14.2 Å². The fourth-order valence-electron chi connectivity index (χ4n) is 2.59. The fourth-order valence-corrected chi connectivity index (χ4v) is 2.59. The van der Waals surface area contributed by atoms with E-state index in [-0.39, 0.29) is 0 Å². The van der Waals surface area contributed by atoms with Gasteiger partial charge in [0.1, 0.15) is 12.4 Å². The van der Waals surface area contributed by atoms with E-state index in [9.17, 15) is 0 Å². The third-order valence-corrected chi connectivity index (χ3v) is 3.90. The van der Waals surface area contributed by atoms with Gasteiger partial charge in [0, 0.05) is 6.54 Å². The van der Waals surface area contributed by atoms with Gasteiger partial charge in [0.05, 0.1) is 14.2 Å². The van der Waals surface area contributed by atoms with Gasteiger partial charge in [-0.1, -0.05) is 18.2 Å². The van der Waals surface area contributed by atoms with Crippen molar-refractivity contribution < 1.29 is 14.2 Å². The summed E-state index contributed by atoms with van der Waals surface area (Å²) in [5.74, 6) is 2.50. The largest absolute Gasteiger partial charge is 0.493 e. The number of likely N-dealkylation sites (N-methyl/N-ethyl adjacent to an activating group) is 1. The van der Waals surface area contributed by atoms with Gasteiger partial charge in [0.25, 0.3) is 0 Å². The zero-order chi connectivity index (χ0) is 17.2. The minimum absolute atomic E-state index is 0.686. The molecule has 0 aliphatic carbocycles. The molecule has 0 atom stereocenters. The van der Waals surface area contributed by atoms with Crippen molar-refractivity contribution in [3.8, 4) is 17.2 Å². The van der Waals surface area contributed by atoms with Crippen LogP contribution >= 0.6 is 0 Å². The molecule has 0 unspecified atom stereocenters. The number of methoxy groups -OCH3 is 2. The summed E-state index contributed by atoms with van der Waals surface area (Å²) in [4.78, 5) is 0. The van der Waals surface area contributed by atoms with Crippen LogP contribution in [0.15, 0.2) is 42.5 Å². The molecule has 0 aliphatic heterocycles. The Morgan fingerprint density at radius 1 is 0.875 bits per heavy atom. The number of rotatable bonds is 10. The van der Waals surface area contributed by atoms with Crippen LogP contribution in [0.3, 0.4) is 0 Å². The van der Waals surface area contributed by atoms with Crippen LogP contribution in [0.5, 0.6) is 17.2 Å². The Balaban J connectivity index is 1.86. The van der Waals surface area contributed by atoms with Gasteiger partial charge in [-0.05, 0) is 61.7 Å². The molecule has 0 amide bonds. The lowest BCUT2D eigenvalue weighted by atomic mass is 10.0. The Hall–Kier alpha value is -2.20. The first-order chi connectivity index (χ1) is 11.8. The molecular weight excluding hydrogens is 302 g/mol. The predicted molar refractivity (Wildman–Crippen MR) is 97.4 cm³/mol. The monoisotopic (exact) mass is 329 g/mol. The standard InChI is InChI=1S/C20H27NO3/c1-21-12-13-24-18-9-5-8-16(14-18)6-4-7-17-10-11-19(22-2)20(15-17)23-3/h5,8-11,14-15,21H,4,6-7,12-13H2,1-3H3. The smallest absolute Gasteiger partial charge is 0.160 e. The maximum atomic E-state index is 5.71. The van der Waals surface area contributed by atoms with Gasteiger partial charge in [-0.3, -0.25) is 0 Å². The molecule has 0 aromatic heterocycles. The summed E-state index contributed by atoms with van der Waals surface area (Å²) >= 11 is 0. The van der Waals surface area contributed by atoms with Crippen LogP contribution in [0.2, 0.25) is 0 Å². The Morgan fingerprint density at radius 3 is 2.33 bits per heavy atom. The third kappa shape index (κ3) is 5.46. The minimum Gasteiger partial charge on any atom is -0.493 e. The first kappa shape index (κ1) is 18.1. The van der Waals surface area contributed by atoms with E-state index in [0.29, 0.717) is 6.61 Å². The Bertz CT molecular complexity index is 628. The fraction of sp³-hybridized carbons (Fsp3) is 0.400. The third-order valence-electron chi connectivity index (χ3n) is 3.90. The highest BCUT2D eigenvalue weighted by molar-refractivity contribution is 5.43. The van der Waals surface area contributed by atoms with Gasteiger partial charge >= 0.3 is 0 Å². The van der Waals surface area contributed by atoms with Gasteiger partial charge in [0.2, 0.25) is 0 Å². The maximum absolute atomic E-state index is 5.71. The normalized spacial score (nSPS) is 10.5. The quantitative estimate of drug-likeness (QED) is 0.678. The molecule has 0 spiro atoms. The van der Waals surface area contributed by atoms with Crippen molar-refractivity contribution in [1.82, 2.24) is 5.32 Å². The summed E-state index contributed by atoms with van der Waals surface area (Å²) in [5, 5.41) is 3.08. The molecule has 0 radical (unpaired) electrons. The molecule has 0 aliphatic rings. The highest BCUT2D eigenvalue weighted by Crippen LogP contribution is 2.28. The molecule has 2 aromatic carbocycles. The van der Waals surface area contributed by atoms with Crippen LogP contribution in [0.1, 0.15) is 17.5 Å². The summed E-state index contributed by atoms with van der Waals surface area (Å²) in [6.07, 6.45) is 3.11. The van der Waals surface area contributed by atoms with Crippen LogP contribution in [0.25, 0.3) is 0 Å². The lowest BCUT2D eigenvalue weighted by Gasteiger charge is -2.10. The SMILES string of the molecule is CNCCOc1cccc(CCCc2ccc(OC)c(OC)c2)c1. The molecule has 130 valence electrons. The zero-order valence-electron chi connectivity index (χ0n) is 14.8. The number of benzene rings is 2. The molecule has 4 nitrogen and oxygen atoms in total. The van der Waals surface area contributed by atoms with Gasteiger partial charge in [-0.2, -0.15) is 0 Å². The molecular formula is C20H27NO3. The van der Waals surface area contributed by atoms with Crippen molar-refractivity contribution >= 4 is 0 Å². The van der Waals surface area contributed by atoms with Crippen LogP contribution < -0.4 is 19.5 Å². The van der Waals surface area contributed by atoms with E-state index in [1.807, 2.05) is 19.2 Å². The first-order valence-corrected chi connectivity index (χ1v) is 8.34. The van der Waals surface area contributed by atoms with Gasteiger partial charge < -0.3 is 19.5 Å². The minimum atomic E-state index is 0.686.